The fourth-order valence-corrected chi connectivity index (χ4v) is 3.98. The molecule has 2 heterocycles. The molecule has 0 bridgehead atoms. The van der Waals surface area contributed by atoms with Gasteiger partial charge in [-0.1, -0.05) is 24.3 Å². The van der Waals surface area contributed by atoms with Crippen molar-refractivity contribution in [3.8, 4) is 5.75 Å². The molecular weight excluding hydrogens is 332 g/mol. The quantitative estimate of drug-likeness (QED) is 0.784. The van der Waals surface area contributed by atoms with Gasteiger partial charge in [-0.2, -0.15) is 11.3 Å². The number of phenols is 1. The molecule has 0 aliphatic carbocycles. The lowest BCUT2D eigenvalue weighted by Crippen LogP contribution is -2.48. The molecule has 1 aromatic heterocycles. The highest BCUT2D eigenvalue weighted by Gasteiger charge is 2.24. The first-order valence-electron chi connectivity index (χ1n) is 8.45. The van der Waals surface area contributed by atoms with Gasteiger partial charge in [-0.05, 0) is 45.3 Å². The van der Waals surface area contributed by atoms with Crippen LogP contribution in [0.5, 0.6) is 5.75 Å². The van der Waals surface area contributed by atoms with Gasteiger partial charge in [-0.15, -0.1) is 0 Å². The van der Waals surface area contributed by atoms with Crippen LogP contribution >= 0.6 is 11.3 Å². The van der Waals surface area contributed by atoms with Gasteiger partial charge in [0.2, 0.25) is 0 Å². The Bertz CT molecular complexity index is 884. The molecule has 2 aromatic carbocycles. The summed E-state index contributed by atoms with van der Waals surface area (Å²) >= 11 is 1.71. The molecule has 0 saturated carbocycles. The van der Waals surface area contributed by atoms with Gasteiger partial charge >= 0.3 is 0 Å². The van der Waals surface area contributed by atoms with Crippen LogP contribution in [0.2, 0.25) is 0 Å². The van der Waals surface area contributed by atoms with Crippen molar-refractivity contribution in [1.29, 1.82) is 0 Å². The maximum atomic E-state index is 12.8. The highest BCUT2D eigenvalue weighted by molar-refractivity contribution is 7.07. The van der Waals surface area contributed by atoms with Crippen LogP contribution in [0.15, 0.2) is 53.2 Å². The summed E-state index contributed by atoms with van der Waals surface area (Å²) in [6, 6.07) is 13.4. The van der Waals surface area contributed by atoms with Gasteiger partial charge in [0.15, 0.2) is 0 Å². The van der Waals surface area contributed by atoms with E-state index in [9.17, 15) is 9.90 Å². The number of carbonyl (C=O) groups excluding carboxylic acids is 1. The molecule has 0 atom stereocenters. The van der Waals surface area contributed by atoms with E-state index in [1.54, 1.807) is 23.5 Å². The van der Waals surface area contributed by atoms with Gasteiger partial charge in [0.25, 0.3) is 5.91 Å². The van der Waals surface area contributed by atoms with Gasteiger partial charge < -0.3 is 10.0 Å². The third-order valence-corrected chi connectivity index (χ3v) is 5.47. The predicted molar refractivity (Wildman–Crippen MR) is 101 cm³/mol. The highest BCUT2D eigenvalue weighted by Crippen LogP contribution is 2.26. The predicted octanol–water partition coefficient (Wildman–Crippen LogP) is 3.56. The van der Waals surface area contributed by atoms with E-state index in [0.717, 1.165) is 30.4 Å². The van der Waals surface area contributed by atoms with Crippen molar-refractivity contribution in [3.05, 3.63) is 64.4 Å². The number of nitrogens with zero attached hydrogens (tertiary/aromatic N) is 2. The topological polar surface area (TPSA) is 43.8 Å². The summed E-state index contributed by atoms with van der Waals surface area (Å²) in [5.41, 5.74) is 1.72. The number of aromatic hydroxyl groups is 1. The van der Waals surface area contributed by atoms with E-state index >= 15 is 0 Å². The summed E-state index contributed by atoms with van der Waals surface area (Å²) in [5.74, 6) is -0.0251. The molecule has 1 amide bonds. The normalized spacial score (nSPS) is 15.6. The largest absolute Gasteiger partial charge is 0.507 e. The number of phenolic OH excluding ortho intramolecular Hbond substituents is 1. The summed E-state index contributed by atoms with van der Waals surface area (Å²) in [6.07, 6.45) is 0. The van der Waals surface area contributed by atoms with Crippen molar-refractivity contribution in [2.75, 3.05) is 26.2 Å². The molecule has 4 nitrogen and oxygen atoms in total. The maximum Gasteiger partial charge on any atom is 0.257 e. The molecule has 1 aliphatic heterocycles. The van der Waals surface area contributed by atoms with Gasteiger partial charge in [0.1, 0.15) is 5.75 Å². The number of hydrogen-bond donors (Lipinski definition) is 1. The molecule has 1 fully saturated rings. The van der Waals surface area contributed by atoms with E-state index < -0.39 is 0 Å². The molecule has 3 aromatic rings. The number of amides is 1. The van der Waals surface area contributed by atoms with Crippen LogP contribution in [0.3, 0.4) is 0 Å². The van der Waals surface area contributed by atoms with Crippen LogP contribution in [0.25, 0.3) is 10.8 Å². The van der Waals surface area contributed by atoms with E-state index in [0.29, 0.717) is 18.7 Å². The Labute approximate surface area is 150 Å². The Morgan fingerprint density at radius 3 is 2.44 bits per heavy atom. The number of rotatable bonds is 3. The second-order valence-corrected chi connectivity index (χ2v) is 7.20. The minimum Gasteiger partial charge on any atom is -0.507 e. The van der Waals surface area contributed by atoms with E-state index in [1.807, 2.05) is 29.2 Å². The monoisotopic (exact) mass is 352 g/mol. The van der Waals surface area contributed by atoms with E-state index in [2.05, 4.69) is 21.7 Å². The molecule has 25 heavy (non-hydrogen) atoms. The number of hydrogen-bond acceptors (Lipinski definition) is 4. The summed E-state index contributed by atoms with van der Waals surface area (Å²) in [7, 11) is 0. The van der Waals surface area contributed by atoms with Crippen LogP contribution in [0.4, 0.5) is 0 Å². The summed E-state index contributed by atoms with van der Waals surface area (Å²) in [6.45, 7) is 4.03. The lowest BCUT2D eigenvalue weighted by Gasteiger charge is -2.34. The van der Waals surface area contributed by atoms with Crippen molar-refractivity contribution >= 4 is 28.0 Å². The third kappa shape index (κ3) is 3.38. The van der Waals surface area contributed by atoms with Gasteiger partial charge in [0.05, 0.1) is 5.56 Å². The lowest BCUT2D eigenvalue weighted by atomic mass is 10.0. The molecule has 1 N–H and O–H groups in total. The molecule has 1 aliphatic rings. The highest BCUT2D eigenvalue weighted by atomic mass is 32.1. The Balaban J connectivity index is 1.46. The Morgan fingerprint density at radius 2 is 1.76 bits per heavy atom. The fraction of sp³-hybridized carbons (Fsp3) is 0.250. The van der Waals surface area contributed by atoms with Crippen LogP contribution in [-0.4, -0.2) is 47.0 Å². The van der Waals surface area contributed by atoms with Crippen LogP contribution in [0.1, 0.15) is 15.9 Å². The average molecular weight is 352 g/mol. The number of benzene rings is 2. The zero-order valence-electron chi connectivity index (χ0n) is 13.9. The number of carbonyl (C=O) groups is 1. The summed E-state index contributed by atoms with van der Waals surface area (Å²) in [4.78, 5) is 17.0. The van der Waals surface area contributed by atoms with E-state index in [1.165, 1.54) is 5.56 Å². The summed E-state index contributed by atoms with van der Waals surface area (Å²) in [5, 5.41) is 16.5. The van der Waals surface area contributed by atoms with Gasteiger partial charge in [0, 0.05) is 32.7 Å². The lowest BCUT2D eigenvalue weighted by molar-refractivity contribution is 0.0626. The molecule has 1 saturated heterocycles. The Morgan fingerprint density at radius 1 is 1.04 bits per heavy atom. The summed E-state index contributed by atoms with van der Waals surface area (Å²) < 4.78 is 0. The van der Waals surface area contributed by atoms with Crippen molar-refractivity contribution in [1.82, 2.24) is 9.80 Å². The maximum absolute atomic E-state index is 12.8. The standard InChI is InChI=1S/C20H20N2O2S/c23-19-12-17-4-2-1-3-16(17)11-18(19)20(24)22-8-6-21(7-9-22)13-15-5-10-25-14-15/h1-5,10-12,14,23H,6-9,13H2. The molecule has 0 radical (unpaired) electrons. The molecule has 5 heteroatoms. The van der Waals surface area contributed by atoms with Crippen LogP contribution < -0.4 is 0 Å². The average Bonchev–Trinajstić information content (AvgIpc) is 3.14. The van der Waals surface area contributed by atoms with E-state index in [-0.39, 0.29) is 11.7 Å². The smallest absolute Gasteiger partial charge is 0.257 e. The number of fused-ring (bicyclic) bond motifs is 1. The fourth-order valence-electron chi connectivity index (χ4n) is 3.32. The number of thiophene rings is 1. The number of piperazine rings is 1. The molecule has 0 unspecified atom stereocenters. The first-order valence-corrected chi connectivity index (χ1v) is 9.39. The molecule has 128 valence electrons. The van der Waals surface area contributed by atoms with E-state index in [4.69, 9.17) is 0 Å². The van der Waals surface area contributed by atoms with Crippen LogP contribution in [0, 0.1) is 0 Å². The molecule has 4 rings (SSSR count). The van der Waals surface area contributed by atoms with Crippen molar-refractivity contribution in [2.45, 2.75) is 6.54 Å². The van der Waals surface area contributed by atoms with Gasteiger partial charge in [-0.3, -0.25) is 9.69 Å². The molecule has 0 spiro atoms. The second-order valence-electron chi connectivity index (χ2n) is 6.42. The van der Waals surface area contributed by atoms with Gasteiger partial charge in [-0.25, -0.2) is 0 Å². The zero-order valence-corrected chi connectivity index (χ0v) is 14.7. The first-order chi connectivity index (χ1) is 12.2. The zero-order chi connectivity index (χ0) is 17.2. The van der Waals surface area contributed by atoms with Crippen molar-refractivity contribution in [3.63, 3.8) is 0 Å². The third-order valence-electron chi connectivity index (χ3n) is 4.74. The first kappa shape index (κ1) is 16.1. The minimum atomic E-state index is -0.0848. The van der Waals surface area contributed by atoms with Crippen molar-refractivity contribution in [2.24, 2.45) is 0 Å². The van der Waals surface area contributed by atoms with Crippen molar-refractivity contribution < 1.29 is 9.90 Å². The Hall–Kier alpha value is -2.37. The molecular formula is C20H20N2O2S. The second kappa shape index (κ2) is 6.86. The minimum absolute atomic E-state index is 0.0596. The SMILES string of the molecule is O=C(c1cc2ccccc2cc1O)N1CCN(Cc2ccsc2)CC1. The van der Waals surface area contributed by atoms with Crippen LogP contribution in [-0.2, 0) is 6.54 Å². The Kier molecular flexibility index (Phi) is 4.42.